The summed E-state index contributed by atoms with van der Waals surface area (Å²) in [6.07, 6.45) is 1.54. The number of ether oxygens (including phenoxy) is 1. The highest BCUT2D eigenvalue weighted by molar-refractivity contribution is 14.1. The van der Waals surface area contributed by atoms with Crippen LogP contribution in [0.5, 0.6) is 0 Å². The molecule has 0 spiro atoms. The first-order valence-electron chi connectivity index (χ1n) is 5.87. The van der Waals surface area contributed by atoms with Gasteiger partial charge in [-0.2, -0.15) is 0 Å². The zero-order valence-corrected chi connectivity index (χ0v) is 12.8. The van der Waals surface area contributed by atoms with Gasteiger partial charge in [0.1, 0.15) is 0 Å². The quantitative estimate of drug-likeness (QED) is 0.648. The van der Waals surface area contributed by atoms with Gasteiger partial charge in [0.15, 0.2) is 0 Å². The van der Waals surface area contributed by atoms with Crippen molar-refractivity contribution in [2.24, 2.45) is 0 Å². The number of hydrogen-bond acceptors (Lipinski definition) is 2. The molecule has 1 saturated heterocycles. The number of halogens is 2. The Kier molecular flexibility index (Phi) is 4.86. The summed E-state index contributed by atoms with van der Waals surface area (Å²) in [5.41, 5.74) is 0.357. The van der Waals surface area contributed by atoms with Crippen molar-refractivity contribution in [3.8, 4) is 0 Å². The van der Waals surface area contributed by atoms with Gasteiger partial charge in [0, 0.05) is 28.2 Å². The number of alkyl halides is 1. The van der Waals surface area contributed by atoms with Crippen molar-refractivity contribution in [2.45, 2.75) is 18.4 Å². The molecule has 1 aliphatic heterocycles. The zero-order chi connectivity index (χ0) is 13.0. The van der Waals surface area contributed by atoms with Crippen molar-refractivity contribution in [2.75, 3.05) is 19.1 Å². The average molecular weight is 380 g/mol. The largest absolute Gasteiger partial charge is 0.381 e. The standard InChI is InChI=1S/C13H15ClINO2/c14-9-13(4-6-18-7-5-13)16-12(17)10-2-1-3-11(15)8-10/h1-3,8H,4-7,9H2,(H,16,17). The molecule has 18 heavy (non-hydrogen) atoms. The summed E-state index contributed by atoms with van der Waals surface area (Å²) in [5, 5.41) is 3.07. The summed E-state index contributed by atoms with van der Waals surface area (Å²) in [5.74, 6) is 0.363. The maximum atomic E-state index is 12.2. The van der Waals surface area contributed by atoms with Gasteiger partial charge in [-0.1, -0.05) is 6.07 Å². The van der Waals surface area contributed by atoms with Gasteiger partial charge in [0.05, 0.1) is 5.54 Å². The first-order valence-corrected chi connectivity index (χ1v) is 7.48. The van der Waals surface area contributed by atoms with E-state index >= 15 is 0 Å². The number of rotatable bonds is 3. The maximum absolute atomic E-state index is 12.2. The molecule has 1 aromatic carbocycles. The van der Waals surface area contributed by atoms with Crippen LogP contribution in [-0.4, -0.2) is 30.5 Å². The van der Waals surface area contributed by atoms with Crippen molar-refractivity contribution >= 4 is 40.1 Å². The fraction of sp³-hybridized carbons (Fsp3) is 0.462. The molecule has 0 atom stereocenters. The second-order valence-corrected chi connectivity index (χ2v) is 6.00. The lowest BCUT2D eigenvalue weighted by Crippen LogP contribution is -2.53. The number of carbonyl (C=O) groups excluding carboxylic acids is 1. The summed E-state index contributed by atoms with van der Waals surface area (Å²) in [4.78, 5) is 12.2. The highest BCUT2D eigenvalue weighted by Crippen LogP contribution is 2.23. The number of amides is 1. The van der Waals surface area contributed by atoms with Crippen molar-refractivity contribution in [1.29, 1.82) is 0 Å². The van der Waals surface area contributed by atoms with Crippen LogP contribution in [-0.2, 0) is 4.74 Å². The lowest BCUT2D eigenvalue weighted by atomic mass is 9.92. The highest BCUT2D eigenvalue weighted by Gasteiger charge is 2.33. The summed E-state index contributed by atoms with van der Waals surface area (Å²) < 4.78 is 6.37. The van der Waals surface area contributed by atoms with Gasteiger partial charge in [-0.15, -0.1) is 11.6 Å². The van der Waals surface area contributed by atoms with Gasteiger partial charge < -0.3 is 10.1 Å². The molecule has 0 saturated carbocycles. The van der Waals surface area contributed by atoms with Crippen LogP contribution in [0.25, 0.3) is 0 Å². The molecule has 1 N–H and O–H groups in total. The lowest BCUT2D eigenvalue weighted by Gasteiger charge is -2.36. The first-order chi connectivity index (χ1) is 8.65. The van der Waals surface area contributed by atoms with Gasteiger partial charge >= 0.3 is 0 Å². The summed E-state index contributed by atoms with van der Waals surface area (Å²) >= 11 is 8.22. The molecule has 1 amide bonds. The molecule has 0 aliphatic carbocycles. The van der Waals surface area contributed by atoms with E-state index in [2.05, 4.69) is 27.9 Å². The van der Waals surface area contributed by atoms with Crippen molar-refractivity contribution in [1.82, 2.24) is 5.32 Å². The summed E-state index contributed by atoms with van der Waals surface area (Å²) in [7, 11) is 0. The Bertz CT molecular complexity index is 433. The van der Waals surface area contributed by atoms with E-state index in [0.717, 1.165) is 16.4 Å². The Morgan fingerprint density at radius 3 is 2.78 bits per heavy atom. The minimum Gasteiger partial charge on any atom is -0.381 e. The molecule has 3 nitrogen and oxygen atoms in total. The van der Waals surface area contributed by atoms with Gasteiger partial charge in [-0.25, -0.2) is 0 Å². The zero-order valence-electron chi connectivity index (χ0n) is 9.92. The maximum Gasteiger partial charge on any atom is 0.251 e. The number of benzene rings is 1. The SMILES string of the molecule is O=C(NC1(CCl)CCOCC1)c1cccc(I)c1. The minimum absolute atomic E-state index is 0.0592. The van der Waals surface area contributed by atoms with Crippen LogP contribution in [0.4, 0.5) is 0 Å². The van der Waals surface area contributed by atoms with Crippen LogP contribution in [0, 0.1) is 3.57 Å². The molecular formula is C13H15ClINO2. The van der Waals surface area contributed by atoms with E-state index in [1.807, 2.05) is 24.3 Å². The Hall–Kier alpha value is -0.330. The van der Waals surface area contributed by atoms with E-state index in [1.54, 1.807) is 0 Å². The van der Waals surface area contributed by atoms with E-state index in [9.17, 15) is 4.79 Å². The fourth-order valence-corrected chi connectivity index (χ4v) is 2.87. The smallest absolute Gasteiger partial charge is 0.251 e. The molecular weight excluding hydrogens is 365 g/mol. The molecule has 98 valence electrons. The number of nitrogens with one attached hydrogen (secondary N) is 1. The Morgan fingerprint density at radius 2 is 2.17 bits per heavy atom. The molecule has 0 aromatic heterocycles. The van der Waals surface area contributed by atoms with Gasteiger partial charge in [0.25, 0.3) is 5.91 Å². The molecule has 1 aliphatic rings. The second-order valence-electron chi connectivity index (χ2n) is 4.49. The third-order valence-electron chi connectivity index (χ3n) is 3.17. The van der Waals surface area contributed by atoms with E-state index in [0.29, 0.717) is 24.7 Å². The predicted molar refractivity (Wildman–Crippen MR) is 80.1 cm³/mol. The topological polar surface area (TPSA) is 38.3 Å². The highest BCUT2D eigenvalue weighted by atomic mass is 127. The molecule has 2 rings (SSSR count). The predicted octanol–water partition coefficient (Wildman–Crippen LogP) is 2.81. The number of carbonyl (C=O) groups is 1. The van der Waals surface area contributed by atoms with Crippen LogP contribution in [0.2, 0.25) is 0 Å². The lowest BCUT2D eigenvalue weighted by molar-refractivity contribution is 0.0434. The second kappa shape index (κ2) is 6.21. The molecule has 0 bridgehead atoms. The van der Waals surface area contributed by atoms with Crippen molar-refractivity contribution in [3.63, 3.8) is 0 Å². The molecule has 0 unspecified atom stereocenters. The third-order valence-corrected chi connectivity index (χ3v) is 4.35. The van der Waals surface area contributed by atoms with Crippen LogP contribution in [0.15, 0.2) is 24.3 Å². The summed E-state index contributed by atoms with van der Waals surface area (Å²) in [6, 6.07) is 7.53. The molecule has 5 heteroatoms. The van der Waals surface area contributed by atoms with Gasteiger partial charge in [0.2, 0.25) is 0 Å². The molecule has 1 aromatic rings. The summed E-state index contributed by atoms with van der Waals surface area (Å²) in [6.45, 7) is 1.30. The molecule has 0 radical (unpaired) electrons. The van der Waals surface area contributed by atoms with Crippen LogP contribution < -0.4 is 5.32 Å². The van der Waals surface area contributed by atoms with E-state index < -0.39 is 0 Å². The Morgan fingerprint density at radius 1 is 1.44 bits per heavy atom. The van der Waals surface area contributed by atoms with Crippen LogP contribution in [0.1, 0.15) is 23.2 Å². The Labute approximate surface area is 125 Å². The van der Waals surface area contributed by atoms with E-state index in [-0.39, 0.29) is 11.4 Å². The minimum atomic E-state index is -0.321. The fourth-order valence-electron chi connectivity index (χ4n) is 2.00. The van der Waals surface area contributed by atoms with Gasteiger partial charge in [-0.05, 0) is 53.6 Å². The van der Waals surface area contributed by atoms with Crippen molar-refractivity contribution in [3.05, 3.63) is 33.4 Å². The third kappa shape index (κ3) is 3.36. The van der Waals surface area contributed by atoms with Crippen LogP contribution in [0.3, 0.4) is 0 Å². The van der Waals surface area contributed by atoms with Crippen molar-refractivity contribution < 1.29 is 9.53 Å². The Balaban J connectivity index is 2.10. The molecule has 1 fully saturated rings. The molecule has 1 heterocycles. The first kappa shape index (κ1) is 14.1. The normalized spacial score (nSPS) is 18.3. The number of hydrogen-bond donors (Lipinski definition) is 1. The van der Waals surface area contributed by atoms with Gasteiger partial charge in [-0.3, -0.25) is 4.79 Å². The van der Waals surface area contributed by atoms with E-state index in [4.69, 9.17) is 16.3 Å². The monoisotopic (exact) mass is 379 g/mol. The average Bonchev–Trinajstić information content (AvgIpc) is 2.40. The van der Waals surface area contributed by atoms with Crippen LogP contribution >= 0.6 is 34.2 Å². The van der Waals surface area contributed by atoms with E-state index in [1.165, 1.54) is 0 Å².